The van der Waals surface area contributed by atoms with E-state index in [1.54, 1.807) is 41.7 Å². The van der Waals surface area contributed by atoms with Gasteiger partial charge in [-0.1, -0.05) is 0 Å². The summed E-state index contributed by atoms with van der Waals surface area (Å²) in [5.74, 6) is 1.10. The van der Waals surface area contributed by atoms with Crippen LogP contribution in [0.4, 0.5) is 5.69 Å². The Labute approximate surface area is 197 Å². The molecule has 4 rings (SSSR count). The molecule has 1 unspecified atom stereocenters. The molecule has 8 heteroatoms. The molecule has 1 saturated heterocycles. The van der Waals surface area contributed by atoms with E-state index in [0.717, 1.165) is 22.7 Å². The molecule has 0 radical (unpaired) electrons. The number of thiazole rings is 1. The van der Waals surface area contributed by atoms with Crippen LogP contribution < -0.4 is 14.8 Å². The number of rotatable bonds is 7. The molecular formula is C25H27N3O4S. The van der Waals surface area contributed by atoms with Gasteiger partial charge in [-0.15, -0.1) is 11.3 Å². The number of nitrogens with one attached hydrogen (secondary N) is 1. The minimum absolute atomic E-state index is 0.107. The van der Waals surface area contributed by atoms with Crippen LogP contribution in [0.1, 0.15) is 37.2 Å². The van der Waals surface area contributed by atoms with Gasteiger partial charge in [0.25, 0.3) is 5.91 Å². The van der Waals surface area contributed by atoms with E-state index in [2.05, 4.69) is 10.3 Å². The molecule has 3 aromatic rings. The Kier molecular flexibility index (Phi) is 6.93. The third kappa shape index (κ3) is 5.34. The van der Waals surface area contributed by atoms with E-state index < -0.39 is 6.04 Å². The SMILES string of the molecule is COc1ccc(NC(=O)C2CCCN2C(=O)c2csc(-c3ccc(OC(C)C)cc3)n2)cc1. The number of carbonyl (C=O) groups is 2. The summed E-state index contributed by atoms with van der Waals surface area (Å²) in [6.45, 7) is 4.50. The van der Waals surface area contributed by atoms with Gasteiger partial charge < -0.3 is 19.7 Å². The first kappa shape index (κ1) is 22.8. The van der Waals surface area contributed by atoms with Crippen molar-refractivity contribution in [3.8, 4) is 22.1 Å². The maximum absolute atomic E-state index is 13.2. The molecule has 1 aliphatic rings. The number of likely N-dealkylation sites (tertiary alicyclic amines) is 1. The smallest absolute Gasteiger partial charge is 0.274 e. The van der Waals surface area contributed by atoms with E-state index in [1.807, 2.05) is 38.1 Å². The number of anilines is 1. The summed E-state index contributed by atoms with van der Waals surface area (Å²) < 4.78 is 10.8. The Morgan fingerprint density at radius 2 is 1.79 bits per heavy atom. The normalized spacial score (nSPS) is 15.5. The van der Waals surface area contributed by atoms with Gasteiger partial charge in [-0.25, -0.2) is 4.98 Å². The fourth-order valence-electron chi connectivity index (χ4n) is 3.78. The van der Waals surface area contributed by atoms with Crippen molar-refractivity contribution in [3.63, 3.8) is 0 Å². The Hall–Kier alpha value is -3.39. The second-order valence-electron chi connectivity index (χ2n) is 8.10. The highest BCUT2D eigenvalue weighted by Gasteiger charge is 2.35. The molecule has 1 aromatic heterocycles. The zero-order chi connectivity index (χ0) is 23.4. The molecule has 7 nitrogen and oxygen atoms in total. The van der Waals surface area contributed by atoms with E-state index in [-0.39, 0.29) is 17.9 Å². The molecule has 1 N–H and O–H groups in total. The van der Waals surface area contributed by atoms with Gasteiger partial charge in [0.05, 0.1) is 13.2 Å². The average Bonchev–Trinajstić information content (AvgIpc) is 3.50. The fourth-order valence-corrected chi connectivity index (χ4v) is 4.58. The minimum Gasteiger partial charge on any atom is -0.497 e. The summed E-state index contributed by atoms with van der Waals surface area (Å²) in [4.78, 5) is 32.2. The van der Waals surface area contributed by atoms with Gasteiger partial charge in [-0.2, -0.15) is 0 Å². The summed E-state index contributed by atoms with van der Waals surface area (Å²) in [5, 5.41) is 5.42. The molecule has 0 saturated carbocycles. The molecule has 2 aromatic carbocycles. The lowest BCUT2D eigenvalue weighted by Crippen LogP contribution is -2.43. The predicted molar refractivity (Wildman–Crippen MR) is 129 cm³/mol. The zero-order valence-electron chi connectivity index (χ0n) is 18.9. The summed E-state index contributed by atoms with van der Waals surface area (Å²) in [6, 6.07) is 14.3. The molecule has 1 aliphatic heterocycles. The number of hydrogen-bond donors (Lipinski definition) is 1. The van der Waals surface area contributed by atoms with Gasteiger partial charge in [-0.05, 0) is 75.2 Å². The Bertz CT molecular complexity index is 1110. The van der Waals surface area contributed by atoms with Crippen molar-refractivity contribution in [2.45, 2.75) is 38.8 Å². The second kappa shape index (κ2) is 10.0. The summed E-state index contributed by atoms with van der Waals surface area (Å²) in [5.41, 5.74) is 1.95. The Morgan fingerprint density at radius 1 is 1.09 bits per heavy atom. The zero-order valence-corrected chi connectivity index (χ0v) is 19.7. The van der Waals surface area contributed by atoms with Crippen LogP contribution in [0.2, 0.25) is 0 Å². The number of benzene rings is 2. The molecule has 1 atom stereocenters. The summed E-state index contributed by atoms with van der Waals surface area (Å²) >= 11 is 1.41. The third-order valence-electron chi connectivity index (χ3n) is 5.37. The molecule has 2 amide bonds. The van der Waals surface area contributed by atoms with Crippen molar-refractivity contribution in [2.75, 3.05) is 19.0 Å². The topological polar surface area (TPSA) is 80.8 Å². The molecule has 0 bridgehead atoms. The van der Waals surface area contributed by atoms with E-state index >= 15 is 0 Å². The highest BCUT2D eigenvalue weighted by atomic mass is 32.1. The number of carbonyl (C=O) groups excluding carboxylic acids is 2. The number of nitrogens with zero attached hydrogens (tertiary/aromatic N) is 2. The molecule has 0 aliphatic carbocycles. The van der Waals surface area contributed by atoms with Crippen molar-refractivity contribution in [1.29, 1.82) is 0 Å². The lowest BCUT2D eigenvalue weighted by atomic mass is 10.2. The Morgan fingerprint density at radius 3 is 2.45 bits per heavy atom. The van der Waals surface area contributed by atoms with Gasteiger partial charge >= 0.3 is 0 Å². The number of aromatic nitrogens is 1. The fraction of sp³-hybridized carbons (Fsp3) is 0.320. The summed E-state index contributed by atoms with van der Waals surface area (Å²) in [7, 11) is 1.59. The second-order valence-corrected chi connectivity index (χ2v) is 8.96. The quantitative estimate of drug-likeness (QED) is 0.540. The van der Waals surface area contributed by atoms with Crippen molar-refractivity contribution >= 4 is 28.8 Å². The predicted octanol–water partition coefficient (Wildman–Crippen LogP) is 4.85. The van der Waals surface area contributed by atoms with Gasteiger partial charge in [-0.3, -0.25) is 9.59 Å². The van der Waals surface area contributed by atoms with Crippen LogP contribution in [-0.2, 0) is 4.79 Å². The van der Waals surface area contributed by atoms with Crippen LogP contribution in [0.3, 0.4) is 0 Å². The highest BCUT2D eigenvalue weighted by molar-refractivity contribution is 7.13. The number of amides is 2. The maximum atomic E-state index is 13.2. The molecule has 0 spiro atoms. The molecule has 172 valence electrons. The van der Waals surface area contributed by atoms with E-state index in [9.17, 15) is 9.59 Å². The number of methoxy groups -OCH3 is 1. The molecular weight excluding hydrogens is 438 g/mol. The van der Waals surface area contributed by atoms with Crippen LogP contribution in [0.15, 0.2) is 53.9 Å². The van der Waals surface area contributed by atoms with Crippen LogP contribution >= 0.6 is 11.3 Å². The standard InChI is InChI=1S/C25H27N3O4S/c1-16(2)32-20-10-6-17(7-11-20)24-27-21(15-33-24)25(30)28-14-4-5-22(28)23(29)26-18-8-12-19(31-3)13-9-18/h6-13,15-16,22H,4-5,14H2,1-3H3,(H,26,29). The largest absolute Gasteiger partial charge is 0.497 e. The van der Waals surface area contributed by atoms with E-state index in [0.29, 0.717) is 30.1 Å². The first-order valence-electron chi connectivity index (χ1n) is 10.9. The van der Waals surface area contributed by atoms with Crippen LogP contribution in [-0.4, -0.2) is 47.5 Å². The van der Waals surface area contributed by atoms with Crippen molar-refractivity contribution < 1.29 is 19.1 Å². The monoisotopic (exact) mass is 465 g/mol. The van der Waals surface area contributed by atoms with Crippen LogP contribution in [0.25, 0.3) is 10.6 Å². The van der Waals surface area contributed by atoms with Gasteiger partial charge in [0.1, 0.15) is 28.2 Å². The van der Waals surface area contributed by atoms with Gasteiger partial charge in [0.2, 0.25) is 5.91 Å². The lowest BCUT2D eigenvalue weighted by molar-refractivity contribution is -0.119. The third-order valence-corrected chi connectivity index (χ3v) is 6.26. The van der Waals surface area contributed by atoms with Gasteiger partial charge in [0, 0.05) is 23.2 Å². The van der Waals surface area contributed by atoms with Crippen molar-refractivity contribution in [2.24, 2.45) is 0 Å². The van der Waals surface area contributed by atoms with E-state index in [1.165, 1.54) is 11.3 Å². The first-order valence-corrected chi connectivity index (χ1v) is 11.8. The van der Waals surface area contributed by atoms with E-state index in [4.69, 9.17) is 9.47 Å². The minimum atomic E-state index is -0.516. The lowest BCUT2D eigenvalue weighted by Gasteiger charge is -2.23. The first-order chi connectivity index (χ1) is 15.9. The summed E-state index contributed by atoms with van der Waals surface area (Å²) in [6.07, 6.45) is 1.51. The van der Waals surface area contributed by atoms with Crippen molar-refractivity contribution in [1.82, 2.24) is 9.88 Å². The van der Waals surface area contributed by atoms with Crippen LogP contribution in [0.5, 0.6) is 11.5 Å². The highest BCUT2D eigenvalue weighted by Crippen LogP contribution is 2.28. The molecule has 1 fully saturated rings. The number of ether oxygens (including phenoxy) is 2. The molecule has 33 heavy (non-hydrogen) atoms. The van der Waals surface area contributed by atoms with Crippen molar-refractivity contribution in [3.05, 3.63) is 59.6 Å². The average molecular weight is 466 g/mol. The Balaban J connectivity index is 1.43. The van der Waals surface area contributed by atoms with Crippen LogP contribution in [0, 0.1) is 0 Å². The maximum Gasteiger partial charge on any atom is 0.274 e. The van der Waals surface area contributed by atoms with Gasteiger partial charge in [0.15, 0.2) is 0 Å². The number of hydrogen-bond acceptors (Lipinski definition) is 6. The molecule has 2 heterocycles.